The topological polar surface area (TPSA) is 78.4 Å². The van der Waals surface area contributed by atoms with Crippen LogP contribution < -0.4 is 10.0 Å². The predicted molar refractivity (Wildman–Crippen MR) is 68.7 cm³/mol. The molecule has 1 heterocycles. The Hall–Kier alpha value is -0.950. The fourth-order valence-corrected chi connectivity index (χ4v) is 3.16. The van der Waals surface area contributed by atoms with E-state index in [1.807, 2.05) is 0 Å². The van der Waals surface area contributed by atoms with Crippen LogP contribution in [0.25, 0.3) is 0 Å². The SMILES string of the molecule is O=S(=O)(NC[C@]1(O)CCCNC1)c1ccccc1. The van der Waals surface area contributed by atoms with Crippen molar-refractivity contribution < 1.29 is 13.5 Å². The number of sulfonamides is 1. The molecule has 1 fully saturated rings. The van der Waals surface area contributed by atoms with Crippen LogP contribution in [0.1, 0.15) is 12.8 Å². The van der Waals surface area contributed by atoms with Crippen LogP contribution in [0.4, 0.5) is 0 Å². The van der Waals surface area contributed by atoms with Crippen molar-refractivity contribution in [3.8, 4) is 0 Å². The highest BCUT2D eigenvalue weighted by Crippen LogP contribution is 2.16. The summed E-state index contributed by atoms with van der Waals surface area (Å²) in [6, 6.07) is 8.17. The minimum Gasteiger partial charge on any atom is -0.387 e. The maximum absolute atomic E-state index is 12.0. The molecule has 1 aromatic rings. The van der Waals surface area contributed by atoms with E-state index in [0.717, 1.165) is 13.0 Å². The van der Waals surface area contributed by atoms with Gasteiger partial charge in [0.25, 0.3) is 0 Å². The summed E-state index contributed by atoms with van der Waals surface area (Å²) in [5.74, 6) is 0. The molecule has 1 aromatic carbocycles. The van der Waals surface area contributed by atoms with E-state index < -0.39 is 15.6 Å². The molecule has 3 N–H and O–H groups in total. The maximum Gasteiger partial charge on any atom is 0.240 e. The number of rotatable bonds is 4. The van der Waals surface area contributed by atoms with Crippen LogP contribution in [0.5, 0.6) is 0 Å². The van der Waals surface area contributed by atoms with Crippen LogP contribution in [-0.4, -0.2) is 38.8 Å². The normalized spacial score (nSPS) is 24.9. The second-order valence-electron chi connectivity index (χ2n) is 4.64. The first kappa shape index (κ1) is 13.5. The second kappa shape index (κ2) is 5.36. The molecule has 0 unspecified atom stereocenters. The first-order chi connectivity index (χ1) is 8.52. The van der Waals surface area contributed by atoms with Gasteiger partial charge in [-0.05, 0) is 31.5 Å². The molecule has 0 aromatic heterocycles. The van der Waals surface area contributed by atoms with Gasteiger partial charge in [0, 0.05) is 13.1 Å². The number of piperidine rings is 1. The van der Waals surface area contributed by atoms with Crippen molar-refractivity contribution in [3.63, 3.8) is 0 Å². The molecule has 0 spiro atoms. The number of aliphatic hydroxyl groups is 1. The van der Waals surface area contributed by atoms with E-state index in [2.05, 4.69) is 10.0 Å². The highest BCUT2D eigenvalue weighted by Gasteiger charge is 2.30. The Balaban J connectivity index is 2.01. The zero-order chi connectivity index (χ0) is 13.1. The van der Waals surface area contributed by atoms with Gasteiger partial charge >= 0.3 is 0 Å². The lowest BCUT2D eigenvalue weighted by Gasteiger charge is -2.32. The highest BCUT2D eigenvalue weighted by atomic mass is 32.2. The monoisotopic (exact) mass is 270 g/mol. The fourth-order valence-electron chi connectivity index (χ4n) is 2.02. The van der Waals surface area contributed by atoms with Gasteiger partial charge in [0.05, 0.1) is 10.5 Å². The van der Waals surface area contributed by atoms with Crippen LogP contribution in [0.2, 0.25) is 0 Å². The molecule has 1 saturated heterocycles. The van der Waals surface area contributed by atoms with E-state index in [4.69, 9.17) is 0 Å². The lowest BCUT2D eigenvalue weighted by Crippen LogP contribution is -2.52. The highest BCUT2D eigenvalue weighted by molar-refractivity contribution is 7.89. The fraction of sp³-hybridized carbons (Fsp3) is 0.500. The summed E-state index contributed by atoms with van der Waals surface area (Å²) in [5, 5.41) is 13.3. The van der Waals surface area contributed by atoms with Crippen molar-refractivity contribution in [2.75, 3.05) is 19.6 Å². The smallest absolute Gasteiger partial charge is 0.240 e. The third kappa shape index (κ3) is 3.29. The number of nitrogens with one attached hydrogen (secondary N) is 2. The van der Waals surface area contributed by atoms with Gasteiger partial charge in [-0.25, -0.2) is 13.1 Å². The van der Waals surface area contributed by atoms with Crippen LogP contribution in [-0.2, 0) is 10.0 Å². The zero-order valence-electron chi connectivity index (χ0n) is 10.1. The molecule has 1 aliphatic heterocycles. The van der Waals surface area contributed by atoms with Crippen molar-refractivity contribution in [2.45, 2.75) is 23.3 Å². The molecule has 0 bridgehead atoms. The van der Waals surface area contributed by atoms with Crippen LogP contribution in [0, 0.1) is 0 Å². The third-order valence-corrected chi connectivity index (χ3v) is 4.51. The van der Waals surface area contributed by atoms with E-state index in [-0.39, 0.29) is 11.4 Å². The lowest BCUT2D eigenvalue weighted by molar-refractivity contribution is 0.0218. The molecule has 6 heteroatoms. The summed E-state index contributed by atoms with van der Waals surface area (Å²) in [6.45, 7) is 1.33. The molecule has 1 atom stereocenters. The second-order valence-corrected chi connectivity index (χ2v) is 6.41. The molecule has 100 valence electrons. The number of hydrogen-bond donors (Lipinski definition) is 3. The van der Waals surface area contributed by atoms with E-state index >= 15 is 0 Å². The summed E-state index contributed by atoms with van der Waals surface area (Å²) in [7, 11) is -3.54. The third-order valence-electron chi connectivity index (χ3n) is 3.09. The molecule has 2 rings (SSSR count). The number of hydrogen-bond acceptors (Lipinski definition) is 4. The van der Waals surface area contributed by atoms with Gasteiger partial charge in [0.1, 0.15) is 0 Å². The van der Waals surface area contributed by atoms with Crippen molar-refractivity contribution >= 4 is 10.0 Å². The molecule has 5 nitrogen and oxygen atoms in total. The van der Waals surface area contributed by atoms with Gasteiger partial charge in [-0.3, -0.25) is 0 Å². The predicted octanol–water partition coefficient (Wildman–Crippen LogP) is 0.0794. The van der Waals surface area contributed by atoms with Crippen molar-refractivity contribution in [1.82, 2.24) is 10.0 Å². The Kier molecular flexibility index (Phi) is 4.01. The van der Waals surface area contributed by atoms with E-state index in [1.54, 1.807) is 18.2 Å². The quantitative estimate of drug-likeness (QED) is 0.724. The van der Waals surface area contributed by atoms with Gasteiger partial charge in [0.15, 0.2) is 0 Å². The van der Waals surface area contributed by atoms with Crippen molar-refractivity contribution in [1.29, 1.82) is 0 Å². The minimum atomic E-state index is -3.54. The van der Waals surface area contributed by atoms with E-state index in [9.17, 15) is 13.5 Å². The summed E-state index contributed by atoms with van der Waals surface area (Å²) < 4.78 is 26.4. The maximum atomic E-state index is 12.0. The first-order valence-electron chi connectivity index (χ1n) is 6.00. The van der Waals surface area contributed by atoms with E-state index in [0.29, 0.717) is 13.0 Å². The molecular formula is C12H18N2O3S. The number of benzene rings is 1. The minimum absolute atomic E-state index is 0.0389. The summed E-state index contributed by atoms with van der Waals surface area (Å²) in [5.41, 5.74) is -0.986. The first-order valence-corrected chi connectivity index (χ1v) is 7.48. The lowest BCUT2D eigenvalue weighted by atomic mass is 9.95. The molecule has 1 aliphatic rings. The average molecular weight is 270 g/mol. The molecule has 0 aliphatic carbocycles. The largest absolute Gasteiger partial charge is 0.387 e. The Labute approximate surface area is 107 Å². The van der Waals surface area contributed by atoms with Gasteiger partial charge in [-0.2, -0.15) is 0 Å². The molecule has 0 saturated carbocycles. The Morgan fingerprint density at radius 2 is 2.06 bits per heavy atom. The summed E-state index contributed by atoms with van der Waals surface area (Å²) in [4.78, 5) is 0.220. The molecular weight excluding hydrogens is 252 g/mol. The van der Waals surface area contributed by atoms with Crippen LogP contribution >= 0.6 is 0 Å². The van der Waals surface area contributed by atoms with Crippen molar-refractivity contribution in [3.05, 3.63) is 30.3 Å². The average Bonchev–Trinajstić information content (AvgIpc) is 2.39. The van der Waals surface area contributed by atoms with Crippen LogP contribution in [0.3, 0.4) is 0 Å². The van der Waals surface area contributed by atoms with Gasteiger partial charge in [-0.15, -0.1) is 0 Å². The Bertz CT molecular complexity index is 481. The molecule has 0 amide bonds. The number of β-amino-alcohol motifs (C(OH)–C–C–N with tert-alkyl or cyclic N) is 1. The van der Waals surface area contributed by atoms with Crippen molar-refractivity contribution in [2.24, 2.45) is 0 Å². The summed E-state index contributed by atoms with van der Waals surface area (Å²) in [6.07, 6.45) is 1.46. The van der Waals surface area contributed by atoms with Crippen LogP contribution in [0.15, 0.2) is 35.2 Å². The van der Waals surface area contributed by atoms with E-state index in [1.165, 1.54) is 12.1 Å². The van der Waals surface area contributed by atoms with Gasteiger partial charge in [0.2, 0.25) is 10.0 Å². The Morgan fingerprint density at radius 1 is 1.33 bits per heavy atom. The zero-order valence-corrected chi connectivity index (χ0v) is 10.9. The van der Waals surface area contributed by atoms with Gasteiger partial charge in [-0.1, -0.05) is 18.2 Å². The molecule has 0 radical (unpaired) electrons. The summed E-state index contributed by atoms with van der Waals surface area (Å²) >= 11 is 0. The standard InChI is InChI=1S/C12H18N2O3S/c15-12(7-4-8-13-9-12)10-14-18(16,17)11-5-2-1-3-6-11/h1-3,5-6,13-15H,4,7-10H2/t12-/m0/s1. The Morgan fingerprint density at radius 3 is 2.67 bits per heavy atom. The molecule has 18 heavy (non-hydrogen) atoms. The van der Waals surface area contributed by atoms with Gasteiger partial charge < -0.3 is 10.4 Å².